The van der Waals surface area contributed by atoms with Gasteiger partial charge in [0.05, 0.1) is 17.9 Å². The summed E-state index contributed by atoms with van der Waals surface area (Å²) in [6, 6.07) is 14.8. The van der Waals surface area contributed by atoms with Crippen molar-refractivity contribution < 1.29 is 22.7 Å². The lowest BCUT2D eigenvalue weighted by atomic mass is 10.2. The summed E-state index contributed by atoms with van der Waals surface area (Å²) in [6.45, 7) is 5.21. The van der Waals surface area contributed by atoms with Crippen LogP contribution in [0.4, 0.5) is 18.9 Å². The number of nitrogens with one attached hydrogen (secondary N) is 1. The number of carbonyl (C=O) groups excluding carboxylic acids is 1. The Bertz CT molecular complexity index is 895. The van der Waals surface area contributed by atoms with Crippen LogP contribution in [-0.2, 0) is 22.3 Å². The SMILES string of the molecule is CCOC(=O)/C(=N\Nc1cccc(C(F)(F)F)c1)N1CCN(Cc2ccccc2)CC1. The number of esters is 1. The van der Waals surface area contributed by atoms with Crippen molar-refractivity contribution in [3.63, 3.8) is 0 Å². The first-order valence-corrected chi connectivity index (χ1v) is 10.1. The monoisotopic (exact) mass is 434 g/mol. The molecule has 1 saturated heterocycles. The van der Waals surface area contributed by atoms with Gasteiger partial charge in [0, 0.05) is 32.7 Å². The van der Waals surface area contributed by atoms with Crippen molar-refractivity contribution in [3.8, 4) is 0 Å². The fourth-order valence-corrected chi connectivity index (χ4v) is 3.28. The highest BCUT2D eigenvalue weighted by molar-refractivity contribution is 6.35. The number of benzene rings is 2. The lowest BCUT2D eigenvalue weighted by Gasteiger charge is -2.35. The van der Waals surface area contributed by atoms with Gasteiger partial charge in [-0.05, 0) is 30.7 Å². The predicted molar refractivity (Wildman–Crippen MR) is 112 cm³/mol. The summed E-state index contributed by atoms with van der Waals surface area (Å²) in [5.41, 5.74) is 3.13. The number of halogens is 3. The number of hydrazone groups is 1. The fraction of sp³-hybridized carbons (Fsp3) is 0.364. The van der Waals surface area contributed by atoms with Crippen molar-refractivity contribution in [1.82, 2.24) is 9.80 Å². The van der Waals surface area contributed by atoms with E-state index in [9.17, 15) is 18.0 Å². The highest BCUT2D eigenvalue weighted by Crippen LogP contribution is 2.30. The highest BCUT2D eigenvalue weighted by atomic mass is 19.4. The van der Waals surface area contributed by atoms with Gasteiger partial charge in [-0.1, -0.05) is 36.4 Å². The number of amidine groups is 1. The van der Waals surface area contributed by atoms with Gasteiger partial charge < -0.3 is 9.64 Å². The van der Waals surface area contributed by atoms with Gasteiger partial charge in [0.15, 0.2) is 0 Å². The quantitative estimate of drug-likeness (QED) is 0.336. The van der Waals surface area contributed by atoms with E-state index in [1.54, 1.807) is 11.8 Å². The minimum Gasteiger partial charge on any atom is -0.460 e. The third-order valence-electron chi connectivity index (χ3n) is 4.86. The van der Waals surface area contributed by atoms with Gasteiger partial charge in [0.25, 0.3) is 0 Å². The molecule has 3 rings (SSSR count). The molecule has 0 unspecified atom stereocenters. The zero-order valence-corrected chi connectivity index (χ0v) is 17.2. The molecular weight excluding hydrogens is 409 g/mol. The second-order valence-electron chi connectivity index (χ2n) is 7.10. The molecule has 0 radical (unpaired) electrons. The van der Waals surface area contributed by atoms with Crippen molar-refractivity contribution >= 4 is 17.5 Å². The number of nitrogens with zero attached hydrogens (tertiary/aromatic N) is 3. The number of piperazine rings is 1. The van der Waals surface area contributed by atoms with E-state index < -0.39 is 17.7 Å². The van der Waals surface area contributed by atoms with Gasteiger partial charge in [-0.2, -0.15) is 13.2 Å². The van der Waals surface area contributed by atoms with E-state index in [4.69, 9.17) is 4.74 Å². The second-order valence-corrected chi connectivity index (χ2v) is 7.10. The molecule has 0 atom stereocenters. The summed E-state index contributed by atoms with van der Waals surface area (Å²) in [7, 11) is 0. The molecule has 0 aromatic heterocycles. The Balaban J connectivity index is 1.68. The van der Waals surface area contributed by atoms with Crippen LogP contribution in [0.3, 0.4) is 0 Å². The Kier molecular flexibility index (Phi) is 7.51. The van der Waals surface area contributed by atoms with Crippen LogP contribution in [-0.4, -0.2) is 54.4 Å². The smallest absolute Gasteiger partial charge is 0.416 e. The molecule has 1 fully saturated rings. The number of carbonyl (C=O) groups is 1. The Morgan fingerprint density at radius 2 is 1.77 bits per heavy atom. The molecule has 0 amide bonds. The third-order valence-corrected chi connectivity index (χ3v) is 4.86. The van der Waals surface area contributed by atoms with Crippen LogP contribution in [0.25, 0.3) is 0 Å². The number of alkyl halides is 3. The van der Waals surface area contributed by atoms with Crippen molar-refractivity contribution in [2.24, 2.45) is 5.10 Å². The highest BCUT2D eigenvalue weighted by Gasteiger charge is 2.30. The molecule has 2 aromatic rings. The lowest BCUT2D eigenvalue weighted by Crippen LogP contribution is -2.50. The average Bonchev–Trinajstić information content (AvgIpc) is 2.75. The van der Waals surface area contributed by atoms with Crippen LogP contribution in [0, 0.1) is 0 Å². The molecule has 1 N–H and O–H groups in total. The maximum atomic E-state index is 12.9. The van der Waals surface area contributed by atoms with Gasteiger partial charge >= 0.3 is 12.1 Å². The first-order chi connectivity index (χ1) is 14.9. The van der Waals surface area contributed by atoms with Crippen molar-refractivity contribution in [3.05, 3.63) is 65.7 Å². The Morgan fingerprint density at radius 1 is 1.06 bits per heavy atom. The zero-order chi connectivity index (χ0) is 22.3. The van der Waals surface area contributed by atoms with Crippen molar-refractivity contribution in [2.45, 2.75) is 19.6 Å². The normalized spacial score (nSPS) is 15.6. The van der Waals surface area contributed by atoms with Crippen LogP contribution in [0.5, 0.6) is 0 Å². The Hall–Kier alpha value is -3.07. The summed E-state index contributed by atoms with van der Waals surface area (Å²) >= 11 is 0. The van der Waals surface area contributed by atoms with Crippen LogP contribution >= 0.6 is 0 Å². The molecule has 0 bridgehead atoms. The largest absolute Gasteiger partial charge is 0.460 e. The molecular formula is C22H25F3N4O2. The maximum Gasteiger partial charge on any atom is 0.416 e. The molecule has 0 aliphatic carbocycles. The third kappa shape index (κ3) is 6.45. The standard InChI is InChI=1S/C22H25F3N4O2/c1-2-31-21(30)20(27-26-19-10-6-9-18(15-19)22(23,24)25)29-13-11-28(12-14-29)16-17-7-4-3-5-8-17/h3-10,15,26H,2,11-14,16H2,1H3/b27-20+. The summed E-state index contributed by atoms with van der Waals surface area (Å²) in [4.78, 5) is 16.5. The molecule has 166 valence electrons. The molecule has 31 heavy (non-hydrogen) atoms. The molecule has 6 nitrogen and oxygen atoms in total. The van der Waals surface area contributed by atoms with E-state index in [2.05, 4.69) is 27.6 Å². The van der Waals surface area contributed by atoms with Crippen molar-refractivity contribution in [1.29, 1.82) is 0 Å². The van der Waals surface area contributed by atoms with Gasteiger partial charge in [-0.25, -0.2) is 4.79 Å². The van der Waals surface area contributed by atoms with Gasteiger partial charge in [-0.15, -0.1) is 5.10 Å². The topological polar surface area (TPSA) is 57.2 Å². The minimum atomic E-state index is -4.46. The van der Waals surface area contributed by atoms with Crippen LogP contribution in [0.15, 0.2) is 59.7 Å². The fourth-order valence-electron chi connectivity index (χ4n) is 3.28. The van der Waals surface area contributed by atoms with Crippen LogP contribution in [0.2, 0.25) is 0 Å². The summed E-state index contributed by atoms with van der Waals surface area (Å²) in [5, 5.41) is 4.10. The maximum absolute atomic E-state index is 12.9. The number of hydrogen-bond donors (Lipinski definition) is 1. The van der Waals surface area contributed by atoms with E-state index in [0.29, 0.717) is 13.1 Å². The first-order valence-electron chi connectivity index (χ1n) is 10.1. The average molecular weight is 434 g/mol. The van der Waals surface area contributed by atoms with E-state index in [1.807, 2.05) is 18.2 Å². The van der Waals surface area contributed by atoms with Gasteiger partial charge in [-0.3, -0.25) is 10.3 Å². The van der Waals surface area contributed by atoms with Gasteiger partial charge in [0.2, 0.25) is 5.84 Å². The molecule has 1 heterocycles. The number of hydrogen-bond acceptors (Lipinski definition) is 5. The second kappa shape index (κ2) is 10.3. The number of ether oxygens (including phenoxy) is 1. The molecule has 9 heteroatoms. The number of anilines is 1. The van der Waals surface area contributed by atoms with Crippen LogP contribution in [0.1, 0.15) is 18.1 Å². The summed E-state index contributed by atoms with van der Waals surface area (Å²) < 4.78 is 43.9. The summed E-state index contributed by atoms with van der Waals surface area (Å²) in [6.07, 6.45) is -4.46. The minimum absolute atomic E-state index is 0.0543. The summed E-state index contributed by atoms with van der Waals surface area (Å²) in [5.74, 6) is -0.558. The lowest BCUT2D eigenvalue weighted by molar-refractivity contribution is -0.138. The van der Waals surface area contributed by atoms with E-state index >= 15 is 0 Å². The van der Waals surface area contributed by atoms with Crippen molar-refractivity contribution in [2.75, 3.05) is 38.2 Å². The molecule has 1 aliphatic rings. The Morgan fingerprint density at radius 3 is 2.42 bits per heavy atom. The molecule has 0 saturated carbocycles. The molecule has 1 aliphatic heterocycles. The molecule has 2 aromatic carbocycles. The zero-order valence-electron chi connectivity index (χ0n) is 17.2. The van der Waals surface area contributed by atoms with E-state index in [1.165, 1.54) is 17.7 Å². The van der Waals surface area contributed by atoms with Gasteiger partial charge in [0.1, 0.15) is 0 Å². The van der Waals surface area contributed by atoms with E-state index in [0.717, 1.165) is 31.8 Å². The number of rotatable bonds is 5. The predicted octanol–water partition coefficient (Wildman–Crippen LogP) is 3.81. The molecule has 0 spiro atoms. The van der Waals surface area contributed by atoms with Crippen LogP contribution < -0.4 is 5.43 Å². The Labute approximate surface area is 179 Å². The van der Waals surface area contributed by atoms with E-state index in [-0.39, 0.29) is 18.1 Å². The first kappa shape index (κ1) is 22.6.